The SMILES string of the molecule is C=CC(=O)NCCOC1OC(CO)C(O)C(O)C1NC(C)=O. The molecule has 0 aromatic heterocycles. The fourth-order valence-corrected chi connectivity index (χ4v) is 2.03. The largest absolute Gasteiger partial charge is 0.394 e. The van der Waals surface area contributed by atoms with Gasteiger partial charge in [0.2, 0.25) is 11.8 Å². The molecule has 1 aliphatic heterocycles. The molecule has 126 valence electrons. The van der Waals surface area contributed by atoms with Crippen LogP contribution in [0.2, 0.25) is 0 Å². The van der Waals surface area contributed by atoms with Gasteiger partial charge in [-0.2, -0.15) is 0 Å². The smallest absolute Gasteiger partial charge is 0.243 e. The Balaban J connectivity index is 2.62. The molecule has 5 N–H and O–H groups in total. The van der Waals surface area contributed by atoms with E-state index in [1.54, 1.807) is 0 Å². The van der Waals surface area contributed by atoms with Crippen LogP contribution in [-0.4, -0.2) is 77.5 Å². The lowest BCUT2D eigenvalue weighted by atomic mass is 9.97. The number of carbonyl (C=O) groups is 2. The third-order valence-electron chi connectivity index (χ3n) is 3.12. The first-order chi connectivity index (χ1) is 10.4. The summed E-state index contributed by atoms with van der Waals surface area (Å²) < 4.78 is 10.7. The van der Waals surface area contributed by atoms with Gasteiger partial charge in [-0.1, -0.05) is 6.58 Å². The lowest BCUT2D eigenvalue weighted by Gasteiger charge is -2.42. The van der Waals surface area contributed by atoms with Crippen LogP contribution in [-0.2, 0) is 19.1 Å². The van der Waals surface area contributed by atoms with E-state index in [9.17, 15) is 19.8 Å². The molecule has 0 aliphatic carbocycles. The van der Waals surface area contributed by atoms with Crippen LogP contribution >= 0.6 is 0 Å². The Kier molecular flexibility index (Phi) is 7.42. The van der Waals surface area contributed by atoms with Crippen molar-refractivity contribution in [2.75, 3.05) is 19.8 Å². The lowest BCUT2D eigenvalue weighted by Crippen LogP contribution is -2.64. The van der Waals surface area contributed by atoms with Crippen molar-refractivity contribution >= 4 is 11.8 Å². The molecule has 1 saturated heterocycles. The minimum absolute atomic E-state index is 0.0430. The van der Waals surface area contributed by atoms with Gasteiger partial charge in [0.05, 0.1) is 13.2 Å². The van der Waals surface area contributed by atoms with Crippen molar-refractivity contribution in [1.29, 1.82) is 0 Å². The molecule has 1 rings (SSSR count). The van der Waals surface area contributed by atoms with E-state index >= 15 is 0 Å². The van der Waals surface area contributed by atoms with Crippen molar-refractivity contribution in [1.82, 2.24) is 10.6 Å². The number of aliphatic hydroxyl groups excluding tert-OH is 3. The number of ether oxygens (including phenoxy) is 2. The number of aliphatic hydroxyl groups is 3. The molecule has 1 fully saturated rings. The van der Waals surface area contributed by atoms with Gasteiger partial charge in [0.25, 0.3) is 0 Å². The van der Waals surface area contributed by atoms with E-state index in [-0.39, 0.29) is 19.1 Å². The van der Waals surface area contributed by atoms with E-state index in [2.05, 4.69) is 17.2 Å². The maximum Gasteiger partial charge on any atom is 0.243 e. The number of hydrogen-bond donors (Lipinski definition) is 5. The normalized spacial score (nSPS) is 31.4. The van der Waals surface area contributed by atoms with Gasteiger partial charge < -0.3 is 35.4 Å². The molecule has 0 radical (unpaired) electrons. The zero-order chi connectivity index (χ0) is 16.7. The maximum absolute atomic E-state index is 11.2. The first-order valence-electron chi connectivity index (χ1n) is 6.82. The summed E-state index contributed by atoms with van der Waals surface area (Å²) in [6, 6.07) is -0.995. The molecule has 0 aromatic rings. The first kappa shape index (κ1) is 18.5. The molecular formula is C13H22N2O7. The Morgan fingerprint density at radius 1 is 1.36 bits per heavy atom. The number of hydrogen-bond acceptors (Lipinski definition) is 7. The summed E-state index contributed by atoms with van der Waals surface area (Å²) >= 11 is 0. The average Bonchev–Trinajstić information content (AvgIpc) is 2.49. The van der Waals surface area contributed by atoms with Crippen molar-refractivity contribution in [2.45, 2.75) is 37.6 Å². The summed E-state index contributed by atoms with van der Waals surface area (Å²) in [5.74, 6) is -0.800. The summed E-state index contributed by atoms with van der Waals surface area (Å²) in [5.41, 5.74) is 0. The first-order valence-corrected chi connectivity index (χ1v) is 6.82. The van der Waals surface area contributed by atoms with Crippen LogP contribution in [0.25, 0.3) is 0 Å². The molecular weight excluding hydrogens is 296 g/mol. The molecule has 2 amide bonds. The summed E-state index contributed by atoms with van der Waals surface area (Å²) in [4.78, 5) is 22.2. The van der Waals surface area contributed by atoms with E-state index < -0.39 is 43.2 Å². The van der Waals surface area contributed by atoms with Gasteiger partial charge in [0.15, 0.2) is 6.29 Å². The predicted octanol–water partition coefficient (Wildman–Crippen LogP) is -2.75. The molecule has 0 saturated carbocycles. The third-order valence-corrected chi connectivity index (χ3v) is 3.12. The standard InChI is InChI=1S/C13H22N2O7/c1-3-9(18)14-4-5-21-13-10(15-7(2)17)12(20)11(19)8(6-16)22-13/h3,8,10-13,16,19-20H,1,4-6H2,2H3,(H,14,18)(H,15,17). The van der Waals surface area contributed by atoms with E-state index in [4.69, 9.17) is 14.6 Å². The van der Waals surface area contributed by atoms with Gasteiger partial charge in [-0.05, 0) is 6.08 Å². The summed E-state index contributed by atoms with van der Waals surface area (Å²) in [6.45, 7) is 4.24. The summed E-state index contributed by atoms with van der Waals surface area (Å²) in [6.07, 6.45) is -3.71. The Labute approximate surface area is 127 Å². The maximum atomic E-state index is 11.2. The van der Waals surface area contributed by atoms with Crippen molar-refractivity contribution < 1.29 is 34.4 Å². The van der Waals surface area contributed by atoms with Gasteiger partial charge in [0.1, 0.15) is 24.4 Å². The topological polar surface area (TPSA) is 137 Å². The zero-order valence-corrected chi connectivity index (χ0v) is 12.3. The van der Waals surface area contributed by atoms with Gasteiger partial charge in [-0.15, -0.1) is 0 Å². The van der Waals surface area contributed by atoms with E-state index in [1.807, 2.05) is 0 Å². The number of amides is 2. The van der Waals surface area contributed by atoms with Gasteiger partial charge in [-0.25, -0.2) is 0 Å². The second-order valence-electron chi connectivity index (χ2n) is 4.80. The van der Waals surface area contributed by atoms with Gasteiger partial charge in [-0.3, -0.25) is 9.59 Å². The Bertz CT molecular complexity index is 404. The van der Waals surface area contributed by atoms with Crippen molar-refractivity contribution in [3.05, 3.63) is 12.7 Å². The van der Waals surface area contributed by atoms with E-state index in [0.29, 0.717) is 0 Å². The van der Waals surface area contributed by atoms with Crippen LogP contribution in [0.15, 0.2) is 12.7 Å². The highest BCUT2D eigenvalue weighted by Gasteiger charge is 2.45. The molecule has 0 spiro atoms. The van der Waals surface area contributed by atoms with Gasteiger partial charge in [0, 0.05) is 13.5 Å². The molecule has 1 heterocycles. The van der Waals surface area contributed by atoms with Crippen molar-refractivity contribution in [3.8, 4) is 0 Å². The minimum Gasteiger partial charge on any atom is -0.394 e. The van der Waals surface area contributed by atoms with Gasteiger partial charge >= 0.3 is 0 Å². The third kappa shape index (κ3) is 5.04. The molecule has 9 heteroatoms. The van der Waals surface area contributed by atoms with Crippen LogP contribution in [0.5, 0.6) is 0 Å². The monoisotopic (exact) mass is 318 g/mol. The lowest BCUT2D eigenvalue weighted by molar-refractivity contribution is -0.269. The zero-order valence-electron chi connectivity index (χ0n) is 12.3. The fraction of sp³-hybridized carbons (Fsp3) is 0.692. The highest BCUT2D eigenvalue weighted by molar-refractivity contribution is 5.86. The average molecular weight is 318 g/mol. The molecule has 9 nitrogen and oxygen atoms in total. The number of nitrogens with one attached hydrogen (secondary N) is 2. The highest BCUT2D eigenvalue weighted by atomic mass is 16.7. The molecule has 5 atom stereocenters. The van der Waals surface area contributed by atoms with Crippen molar-refractivity contribution in [3.63, 3.8) is 0 Å². The number of rotatable bonds is 7. The summed E-state index contributed by atoms with van der Waals surface area (Å²) in [7, 11) is 0. The van der Waals surface area contributed by atoms with Crippen LogP contribution in [0.3, 0.4) is 0 Å². The van der Waals surface area contributed by atoms with Crippen molar-refractivity contribution in [2.24, 2.45) is 0 Å². The van der Waals surface area contributed by atoms with E-state index in [1.165, 1.54) is 6.92 Å². The Morgan fingerprint density at radius 2 is 2.05 bits per heavy atom. The van der Waals surface area contributed by atoms with Crippen LogP contribution < -0.4 is 10.6 Å². The summed E-state index contributed by atoms with van der Waals surface area (Å²) in [5, 5.41) is 33.9. The second-order valence-corrected chi connectivity index (χ2v) is 4.80. The fourth-order valence-electron chi connectivity index (χ4n) is 2.03. The molecule has 22 heavy (non-hydrogen) atoms. The second kappa shape index (κ2) is 8.81. The highest BCUT2D eigenvalue weighted by Crippen LogP contribution is 2.22. The van der Waals surface area contributed by atoms with Crippen LogP contribution in [0.4, 0.5) is 0 Å². The Hall–Kier alpha value is -1.52. The van der Waals surface area contributed by atoms with Crippen LogP contribution in [0.1, 0.15) is 6.92 Å². The minimum atomic E-state index is -1.36. The molecule has 1 aliphatic rings. The van der Waals surface area contributed by atoms with E-state index in [0.717, 1.165) is 6.08 Å². The predicted molar refractivity (Wildman–Crippen MR) is 74.5 cm³/mol. The number of carbonyl (C=O) groups excluding carboxylic acids is 2. The quantitative estimate of drug-likeness (QED) is 0.253. The molecule has 5 unspecified atom stereocenters. The van der Waals surface area contributed by atoms with Crippen LogP contribution in [0, 0.1) is 0 Å². The molecule has 0 aromatic carbocycles. The Morgan fingerprint density at radius 3 is 2.59 bits per heavy atom. The molecule has 0 bridgehead atoms.